The molecule has 19 heavy (non-hydrogen) atoms. The summed E-state index contributed by atoms with van der Waals surface area (Å²) in [5.74, 6) is 1.62. The third kappa shape index (κ3) is 2.27. The Morgan fingerprint density at radius 3 is 2.63 bits per heavy atom. The summed E-state index contributed by atoms with van der Waals surface area (Å²) in [7, 11) is 1.96. The Labute approximate surface area is 112 Å². The largest absolute Gasteiger partial charge is 0.489 e. The highest BCUT2D eigenvalue weighted by Crippen LogP contribution is 2.25. The van der Waals surface area contributed by atoms with E-state index in [1.54, 1.807) is 0 Å². The van der Waals surface area contributed by atoms with Crippen molar-refractivity contribution in [1.82, 2.24) is 4.57 Å². The number of hydrogen-bond donors (Lipinski definition) is 1. The maximum absolute atomic E-state index is 5.89. The molecule has 0 unspecified atom stereocenters. The molecule has 0 fully saturated rings. The number of nitrogens with zero attached hydrogens (tertiary/aromatic N) is 1. The van der Waals surface area contributed by atoms with Gasteiger partial charge in [-0.3, -0.25) is 0 Å². The average molecular weight is 252 g/mol. The molecule has 3 heteroatoms. The average Bonchev–Trinajstić information content (AvgIpc) is 2.73. The lowest BCUT2D eigenvalue weighted by Crippen LogP contribution is -1.95. The zero-order valence-corrected chi connectivity index (χ0v) is 10.8. The number of aryl methyl sites for hydroxylation is 1. The van der Waals surface area contributed by atoms with E-state index in [-0.39, 0.29) is 0 Å². The van der Waals surface area contributed by atoms with Gasteiger partial charge in [-0.2, -0.15) is 0 Å². The minimum Gasteiger partial charge on any atom is -0.489 e. The zero-order chi connectivity index (χ0) is 13.2. The molecule has 3 aromatic rings. The lowest BCUT2D eigenvalue weighted by molar-refractivity contribution is 0.306. The monoisotopic (exact) mass is 252 g/mol. The molecule has 3 rings (SSSR count). The second kappa shape index (κ2) is 4.69. The van der Waals surface area contributed by atoms with Crippen LogP contribution in [0.2, 0.25) is 0 Å². The van der Waals surface area contributed by atoms with Gasteiger partial charge in [-0.05, 0) is 29.8 Å². The Morgan fingerprint density at radius 2 is 1.84 bits per heavy atom. The molecule has 0 amide bonds. The van der Waals surface area contributed by atoms with E-state index in [2.05, 4.69) is 12.1 Å². The van der Waals surface area contributed by atoms with Gasteiger partial charge in [0, 0.05) is 18.0 Å². The standard InChI is InChI=1S/C16H16N2O/c1-18-15-8-7-14(9-13(15)10-16(18)17)19-11-12-5-3-2-4-6-12/h2-10H,11,17H2,1H3. The summed E-state index contributed by atoms with van der Waals surface area (Å²) in [4.78, 5) is 0. The van der Waals surface area contributed by atoms with Gasteiger partial charge in [0.25, 0.3) is 0 Å². The molecule has 0 bridgehead atoms. The van der Waals surface area contributed by atoms with Crippen molar-refractivity contribution in [3.63, 3.8) is 0 Å². The predicted octanol–water partition coefficient (Wildman–Crippen LogP) is 3.34. The maximum Gasteiger partial charge on any atom is 0.120 e. The van der Waals surface area contributed by atoms with Crippen LogP contribution in [-0.4, -0.2) is 4.57 Å². The first-order valence-electron chi connectivity index (χ1n) is 6.26. The summed E-state index contributed by atoms with van der Waals surface area (Å²) in [6.07, 6.45) is 0. The molecule has 0 aliphatic heterocycles. The normalized spacial score (nSPS) is 10.8. The molecule has 0 radical (unpaired) electrons. The first-order valence-corrected chi connectivity index (χ1v) is 6.26. The van der Waals surface area contributed by atoms with Crippen molar-refractivity contribution >= 4 is 16.7 Å². The molecule has 3 nitrogen and oxygen atoms in total. The number of nitrogen functional groups attached to an aromatic ring is 1. The van der Waals surface area contributed by atoms with E-state index < -0.39 is 0 Å². The quantitative estimate of drug-likeness (QED) is 0.776. The van der Waals surface area contributed by atoms with Gasteiger partial charge in [0.2, 0.25) is 0 Å². The lowest BCUT2D eigenvalue weighted by Gasteiger charge is -2.06. The van der Waals surface area contributed by atoms with Crippen molar-refractivity contribution in [2.24, 2.45) is 7.05 Å². The first kappa shape index (κ1) is 11.7. The van der Waals surface area contributed by atoms with E-state index in [9.17, 15) is 0 Å². The summed E-state index contributed by atoms with van der Waals surface area (Å²) in [5, 5.41) is 1.10. The second-order valence-electron chi connectivity index (χ2n) is 4.62. The fourth-order valence-corrected chi connectivity index (χ4v) is 2.18. The van der Waals surface area contributed by atoms with Crippen LogP contribution in [-0.2, 0) is 13.7 Å². The van der Waals surface area contributed by atoms with Gasteiger partial charge in [0.05, 0.1) is 0 Å². The third-order valence-corrected chi connectivity index (χ3v) is 3.30. The molecule has 2 aromatic carbocycles. The van der Waals surface area contributed by atoms with E-state index in [0.717, 1.165) is 28.0 Å². The number of rotatable bonds is 3. The van der Waals surface area contributed by atoms with Gasteiger partial charge in [0.1, 0.15) is 18.2 Å². The van der Waals surface area contributed by atoms with E-state index in [4.69, 9.17) is 10.5 Å². The van der Waals surface area contributed by atoms with Gasteiger partial charge in [-0.25, -0.2) is 0 Å². The van der Waals surface area contributed by atoms with Crippen molar-refractivity contribution in [2.45, 2.75) is 6.61 Å². The van der Waals surface area contributed by atoms with Gasteiger partial charge in [0.15, 0.2) is 0 Å². The zero-order valence-electron chi connectivity index (χ0n) is 10.8. The predicted molar refractivity (Wildman–Crippen MR) is 78.1 cm³/mol. The minimum absolute atomic E-state index is 0.578. The summed E-state index contributed by atoms with van der Waals surface area (Å²) >= 11 is 0. The van der Waals surface area contributed by atoms with Crippen LogP contribution in [0, 0.1) is 0 Å². The number of anilines is 1. The van der Waals surface area contributed by atoms with Crippen molar-refractivity contribution < 1.29 is 4.74 Å². The first-order chi connectivity index (χ1) is 9.24. The molecule has 0 atom stereocenters. The number of fused-ring (bicyclic) bond motifs is 1. The molecule has 0 saturated carbocycles. The fourth-order valence-electron chi connectivity index (χ4n) is 2.18. The van der Waals surface area contributed by atoms with Crippen LogP contribution in [0.5, 0.6) is 5.75 Å². The van der Waals surface area contributed by atoms with Crippen LogP contribution in [0.3, 0.4) is 0 Å². The molecule has 96 valence electrons. The summed E-state index contributed by atoms with van der Waals surface area (Å²) in [5.41, 5.74) is 8.17. The van der Waals surface area contributed by atoms with E-state index >= 15 is 0 Å². The van der Waals surface area contributed by atoms with Crippen LogP contribution < -0.4 is 10.5 Å². The van der Waals surface area contributed by atoms with Gasteiger partial charge < -0.3 is 15.0 Å². The second-order valence-corrected chi connectivity index (χ2v) is 4.62. The highest BCUT2D eigenvalue weighted by atomic mass is 16.5. The van der Waals surface area contributed by atoms with Crippen molar-refractivity contribution in [3.8, 4) is 5.75 Å². The smallest absolute Gasteiger partial charge is 0.120 e. The molecule has 0 aliphatic rings. The Hall–Kier alpha value is -2.42. The Kier molecular flexibility index (Phi) is 2.88. The SMILES string of the molecule is Cn1c(N)cc2cc(OCc3ccccc3)ccc21. The van der Waals surface area contributed by atoms with Crippen LogP contribution in [0.1, 0.15) is 5.56 Å². The minimum atomic E-state index is 0.578. The summed E-state index contributed by atoms with van der Waals surface area (Å²) in [6, 6.07) is 18.1. The van der Waals surface area contributed by atoms with E-state index in [1.807, 2.05) is 54.1 Å². The highest BCUT2D eigenvalue weighted by molar-refractivity contribution is 5.85. The van der Waals surface area contributed by atoms with Gasteiger partial charge in [-0.15, -0.1) is 0 Å². The summed E-state index contributed by atoms with van der Waals surface area (Å²) in [6.45, 7) is 0.578. The van der Waals surface area contributed by atoms with E-state index in [1.165, 1.54) is 0 Å². The fraction of sp³-hybridized carbons (Fsp3) is 0.125. The lowest BCUT2D eigenvalue weighted by atomic mass is 10.2. The Balaban J connectivity index is 1.82. The molecular formula is C16H16N2O. The van der Waals surface area contributed by atoms with Crippen LogP contribution in [0.15, 0.2) is 54.6 Å². The molecule has 1 heterocycles. The maximum atomic E-state index is 5.89. The number of nitrogens with two attached hydrogens (primary N) is 1. The topological polar surface area (TPSA) is 40.2 Å². The van der Waals surface area contributed by atoms with Crippen LogP contribution in [0.25, 0.3) is 10.9 Å². The molecule has 0 aliphatic carbocycles. The van der Waals surface area contributed by atoms with Gasteiger partial charge >= 0.3 is 0 Å². The molecule has 0 saturated heterocycles. The highest BCUT2D eigenvalue weighted by Gasteiger charge is 2.04. The Morgan fingerprint density at radius 1 is 1.05 bits per heavy atom. The van der Waals surface area contributed by atoms with Crippen LogP contribution >= 0.6 is 0 Å². The molecule has 1 aromatic heterocycles. The number of aromatic nitrogens is 1. The van der Waals surface area contributed by atoms with Crippen molar-refractivity contribution in [1.29, 1.82) is 0 Å². The van der Waals surface area contributed by atoms with E-state index in [0.29, 0.717) is 6.61 Å². The Bertz CT molecular complexity index is 701. The number of ether oxygens (including phenoxy) is 1. The van der Waals surface area contributed by atoms with Crippen LogP contribution in [0.4, 0.5) is 5.82 Å². The van der Waals surface area contributed by atoms with Gasteiger partial charge in [-0.1, -0.05) is 30.3 Å². The third-order valence-electron chi connectivity index (χ3n) is 3.30. The van der Waals surface area contributed by atoms with Crippen molar-refractivity contribution in [3.05, 3.63) is 60.2 Å². The summed E-state index contributed by atoms with van der Waals surface area (Å²) < 4.78 is 7.77. The molecule has 2 N–H and O–H groups in total. The molecular weight excluding hydrogens is 236 g/mol. The number of benzene rings is 2. The van der Waals surface area contributed by atoms with Crippen molar-refractivity contribution in [2.75, 3.05) is 5.73 Å². The number of hydrogen-bond acceptors (Lipinski definition) is 2. The molecule has 0 spiro atoms.